The highest BCUT2D eigenvalue weighted by Gasteiger charge is 2.19. The first kappa shape index (κ1) is 13.9. The summed E-state index contributed by atoms with van der Waals surface area (Å²) >= 11 is 0. The van der Waals surface area contributed by atoms with Crippen molar-refractivity contribution in [2.45, 2.75) is 36.6 Å². The molecule has 0 aliphatic heterocycles. The van der Waals surface area contributed by atoms with Crippen molar-refractivity contribution < 1.29 is 13.2 Å². The van der Waals surface area contributed by atoms with E-state index < -0.39 is 9.84 Å². The van der Waals surface area contributed by atoms with Gasteiger partial charge in [0.1, 0.15) is 0 Å². The number of hydrogen-bond acceptors (Lipinski definition) is 4. The molecule has 1 aromatic carbocycles. The molecule has 0 heterocycles. The molecule has 0 atom stereocenters. The Morgan fingerprint density at radius 2 is 1.89 bits per heavy atom. The Morgan fingerprint density at radius 1 is 1.26 bits per heavy atom. The lowest BCUT2D eigenvalue weighted by Gasteiger charge is -2.12. The summed E-state index contributed by atoms with van der Waals surface area (Å²) < 4.78 is 23.0. The SMILES string of the molecule is CS(=O)(=O)c1cc(N)cc(C(=O)NC2CCCC2)c1. The molecule has 5 nitrogen and oxygen atoms in total. The second kappa shape index (κ2) is 5.21. The van der Waals surface area contributed by atoms with Gasteiger partial charge in [0.05, 0.1) is 4.90 Å². The molecule has 0 saturated heterocycles. The highest BCUT2D eigenvalue weighted by molar-refractivity contribution is 7.90. The lowest BCUT2D eigenvalue weighted by atomic mass is 10.1. The molecule has 19 heavy (non-hydrogen) atoms. The van der Waals surface area contributed by atoms with Crippen LogP contribution >= 0.6 is 0 Å². The van der Waals surface area contributed by atoms with Gasteiger partial charge in [0, 0.05) is 23.5 Å². The molecule has 0 unspecified atom stereocenters. The summed E-state index contributed by atoms with van der Waals surface area (Å²) in [5, 5.41) is 2.91. The summed E-state index contributed by atoms with van der Waals surface area (Å²) in [5.41, 5.74) is 6.23. The summed E-state index contributed by atoms with van der Waals surface area (Å²) in [7, 11) is -3.37. The smallest absolute Gasteiger partial charge is 0.251 e. The molecule has 3 N–H and O–H groups in total. The van der Waals surface area contributed by atoms with Crippen molar-refractivity contribution in [2.75, 3.05) is 12.0 Å². The quantitative estimate of drug-likeness (QED) is 0.819. The molecule has 1 fully saturated rings. The molecule has 1 aromatic rings. The molecule has 1 aliphatic rings. The number of rotatable bonds is 3. The Bertz CT molecular complexity index is 590. The van der Waals surface area contributed by atoms with Gasteiger partial charge >= 0.3 is 0 Å². The molecule has 0 aromatic heterocycles. The monoisotopic (exact) mass is 282 g/mol. The number of nitrogens with one attached hydrogen (secondary N) is 1. The molecule has 2 rings (SSSR count). The van der Waals surface area contributed by atoms with Crippen LogP contribution in [0.3, 0.4) is 0 Å². The molecular weight excluding hydrogens is 264 g/mol. The zero-order valence-corrected chi connectivity index (χ0v) is 11.7. The maximum atomic E-state index is 12.1. The fourth-order valence-electron chi connectivity index (χ4n) is 2.31. The van der Waals surface area contributed by atoms with Gasteiger partial charge in [-0.15, -0.1) is 0 Å². The minimum atomic E-state index is -3.37. The molecule has 0 bridgehead atoms. The third-order valence-corrected chi connectivity index (χ3v) is 4.40. The number of sulfone groups is 1. The Balaban J connectivity index is 2.24. The fraction of sp³-hybridized carbons (Fsp3) is 0.462. The number of nitrogens with two attached hydrogens (primary N) is 1. The van der Waals surface area contributed by atoms with Crippen LogP contribution in [0.15, 0.2) is 23.1 Å². The Morgan fingerprint density at radius 3 is 2.47 bits per heavy atom. The third kappa shape index (κ3) is 3.47. The number of hydrogen-bond donors (Lipinski definition) is 2. The van der Waals surface area contributed by atoms with Crippen molar-refractivity contribution in [1.29, 1.82) is 0 Å². The molecule has 1 aliphatic carbocycles. The Kier molecular flexibility index (Phi) is 3.80. The normalized spacial score (nSPS) is 16.5. The molecule has 6 heteroatoms. The van der Waals surface area contributed by atoms with Crippen molar-refractivity contribution in [2.24, 2.45) is 0 Å². The van der Waals surface area contributed by atoms with Gasteiger partial charge in [0.15, 0.2) is 9.84 Å². The van der Waals surface area contributed by atoms with Gasteiger partial charge < -0.3 is 11.1 Å². The third-order valence-electron chi connectivity index (χ3n) is 3.31. The van der Waals surface area contributed by atoms with Crippen LogP contribution in [0, 0.1) is 0 Å². The first-order valence-corrected chi connectivity index (χ1v) is 8.17. The Labute approximate surface area is 113 Å². The van der Waals surface area contributed by atoms with Crippen LogP contribution < -0.4 is 11.1 Å². The van der Waals surface area contributed by atoms with Crippen LogP contribution in [-0.2, 0) is 9.84 Å². The number of nitrogen functional groups attached to an aromatic ring is 1. The van der Waals surface area contributed by atoms with Crippen LogP contribution in [0.2, 0.25) is 0 Å². The highest BCUT2D eigenvalue weighted by atomic mass is 32.2. The molecule has 0 spiro atoms. The second-order valence-corrected chi connectivity index (χ2v) is 7.03. The topological polar surface area (TPSA) is 89.3 Å². The van der Waals surface area contributed by atoms with Crippen molar-refractivity contribution in [3.8, 4) is 0 Å². The molecular formula is C13H18N2O3S. The second-order valence-electron chi connectivity index (χ2n) is 5.02. The molecule has 0 radical (unpaired) electrons. The van der Waals surface area contributed by atoms with E-state index >= 15 is 0 Å². The van der Waals surface area contributed by atoms with Gasteiger partial charge in [-0.3, -0.25) is 4.79 Å². The summed E-state index contributed by atoms with van der Waals surface area (Å²) in [4.78, 5) is 12.1. The summed E-state index contributed by atoms with van der Waals surface area (Å²) in [6.45, 7) is 0. The van der Waals surface area contributed by atoms with Crippen molar-refractivity contribution in [1.82, 2.24) is 5.32 Å². The summed E-state index contributed by atoms with van der Waals surface area (Å²) in [5.74, 6) is -0.260. The summed E-state index contributed by atoms with van der Waals surface area (Å²) in [6, 6.07) is 4.42. The van der Waals surface area contributed by atoms with Gasteiger partial charge in [-0.1, -0.05) is 12.8 Å². The van der Waals surface area contributed by atoms with Gasteiger partial charge in [-0.05, 0) is 31.0 Å². The minimum absolute atomic E-state index is 0.0732. The van der Waals surface area contributed by atoms with Crippen LogP contribution in [-0.4, -0.2) is 26.6 Å². The first-order chi connectivity index (χ1) is 8.86. The lowest BCUT2D eigenvalue weighted by molar-refractivity contribution is 0.0937. The van der Waals surface area contributed by atoms with E-state index in [1.54, 1.807) is 0 Å². The van der Waals surface area contributed by atoms with Crippen LogP contribution in [0.4, 0.5) is 5.69 Å². The number of carbonyl (C=O) groups is 1. The van der Waals surface area contributed by atoms with Gasteiger partial charge in [0.25, 0.3) is 5.91 Å². The van der Waals surface area contributed by atoms with Gasteiger partial charge in [0.2, 0.25) is 0 Å². The highest BCUT2D eigenvalue weighted by Crippen LogP contribution is 2.20. The van der Waals surface area contributed by atoms with E-state index in [1.165, 1.54) is 18.2 Å². The molecule has 1 amide bonds. The predicted octanol–water partition coefficient (Wildman–Crippen LogP) is 1.34. The van der Waals surface area contributed by atoms with Gasteiger partial charge in [-0.2, -0.15) is 0 Å². The van der Waals surface area contributed by atoms with Crippen molar-refractivity contribution in [3.63, 3.8) is 0 Å². The molecule has 104 valence electrons. The van der Waals surface area contributed by atoms with E-state index in [4.69, 9.17) is 5.73 Å². The number of anilines is 1. The first-order valence-electron chi connectivity index (χ1n) is 6.28. The fourth-order valence-corrected chi connectivity index (χ4v) is 3.00. The minimum Gasteiger partial charge on any atom is -0.399 e. The van der Waals surface area contributed by atoms with Crippen LogP contribution in [0.25, 0.3) is 0 Å². The van der Waals surface area contributed by atoms with Crippen LogP contribution in [0.5, 0.6) is 0 Å². The van der Waals surface area contributed by atoms with E-state index in [0.29, 0.717) is 5.56 Å². The van der Waals surface area contributed by atoms with E-state index in [-0.39, 0.29) is 22.5 Å². The van der Waals surface area contributed by atoms with Crippen molar-refractivity contribution >= 4 is 21.4 Å². The number of carbonyl (C=O) groups excluding carboxylic acids is 1. The standard InChI is InChI=1S/C13H18N2O3S/c1-19(17,18)12-7-9(6-10(14)8-12)13(16)15-11-4-2-3-5-11/h6-8,11H,2-5,14H2,1H3,(H,15,16). The average molecular weight is 282 g/mol. The average Bonchev–Trinajstić information content (AvgIpc) is 2.79. The molecule has 1 saturated carbocycles. The van der Waals surface area contributed by atoms with Crippen molar-refractivity contribution in [3.05, 3.63) is 23.8 Å². The van der Waals surface area contributed by atoms with E-state index in [2.05, 4.69) is 5.32 Å². The van der Waals surface area contributed by atoms with E-state index in [1.807, 2.05) is 0 Å². The van der Waals surface area contributed by atoms with Crippen LogP contribution in [0.1, 0.15) is 36.0 Å². The zero-order chi connectivity index (χ0) is 14.0. The maximum absolute atomic E-state index is 12.1. The predicted molar refractivity (Wildman–Crippen MR) is 73.7 cm³/mol. The Hall–Kier alpha value is -1.56. The number of amides is 1. The zero-order valence-electron chi connectivity index (χ0n) is 10.8. The largest absolute Gasteiger partial charge is 0.399 e. The lowest BCUT2D eigenvalue weighted by Crippen LogP contribution is -2.32. The van der Waals surface area contributed by atoms with E-state index in [9.17, 15) is 13.2 Å². The maximum Gasteiger partial charge on any atom is 0.251 e. The van der Waals surface area contributed by atoms with E-state index in [0.717, 1.165) is 31.9 Å². The summed E-state index contributed by atoms with van der Waals surface area (Å²) in [6.07, 6.45) is 5.30. The number of benzene rings is 1. The van der Waals surface area contributed by atoms with Gasteiger partial charge in [-0.25, -0.2) is 8.42 Å².